The SMILES string of the molecule is CC(=O)Nc1ccc(-c2cnc(N)c(C(=O)N[C@H](C)c3nnc4ccc(Nc5cccc(Cl)c5)nn34)c2)cc1. The smallest absolute Gasteiger partial charge is 0.255 e. The lowest BCUT2D eigenvalue weighted by molar-refractivity contribution is -0.114. The van der Waals surface area contributed by atoms with Crippen LogP contribution < -0.4 is 21.7 Å². The highest BCUT2D eigenvalue weighted by Crippen LogP contribution is 2.25. The number of nitrogens with one attached hydrogen (secondary N) is 3. The molecule has 0 spiro atoms. The second-order valence-corrected chi connectivity index (χ2v) is 9.23. The van der Waals surface area contributed by atoms with E-state index >= 15 is 0 Å². The van der Waals surface area contributed by atoms with Crippen molar-refractivity contribution in [1.29, 1.82) is 0 Å². The summed E-state index contributed by atoms with van der Waals surface area (Å²) in [7, 11) is 0. The Balaban J connectivity index is 1.35. The number of nitrogens with zero attached hydrogens (tertiary/aromatic N) is 5. The van der Waals surface area contributed by atoms with E-state index in [2.05, 4.69) is 36.2 Å². The first-order valence-corrected chi connectivity index (χ1v) is 12.3. The lowest BCUT2D eigenvalue weighted by Gasteiger charge is -2.14. The zero-order chi connectivity index (χ0) is 27.5. The third-order valence-electron chi connectivity index (χ3n) is 5.82. The molecule has 3 heterocycles. The number of nitrogens with two attached hydrogens (primary N) is 1. The van der Waals surface area contributed by atoms with Crippen molar-refractivity contribution in [3.8, 4) is 11.1 Å². The summed E-state index contributed by atoms with van der Waals surface area (Å²) in [5, 5.41) is 22.4. The van der Waals surface area contributed by atoms with Crippen LogP contribution in [0.1, 0.15) is 36.1 Å². The first kappa shape index (κ1) is 25.6. The van der Waals surface area contributed by atoms with Gasteiger partial charge in [0.2, 0.25) is 5.91 Å². The quantitative estimate of drug-likeness (QED) is 0.233. The number of nitrogen functional groups attached to an aromatic ring is 1. The van der Waals surface area contributed by atoms with Crippen molar-refractivity contribution in [3.63, 3.8) is 0 Å². The number of hydrogen-bond donors (Lipinski definition) is 4. The van der Waals surface area contributed by atoms with Crippen LogP contribution >= 0.6 is 11.6 Å². The predicted octanol–water partition coefficient (Wildman–Crippen LogP) is 4.61. The molecule has 1 atom stereocenters. The molecule has 0 unspecified atom stereocenters. The molecule has 0 aliphatic heterocycles. The van der Waals surface area contributed by atoms with Crippen LogP contribution in [0.5, 0.6) is 0 Å². The van der Waals surface area contributed by atoms with Gasteiger partial charge >= 0.3 is 0 Å². The Labute approximate surface area is 228 Å². The molecule has 196 valence electrons. The molecular weight excluding hydrogens is 518 g/mol. The van der Waals surface area contributed by atoms with Gasteiger partial charge < -0.3 is 21.7 Å². The number of rotatable bonds is 7. The molecule has 5 N–H and O–H groups in total. The van der Waals surface area contributed by atoms with Crippen LogP contribution in [0, 0.1) is 0 Å². The summed E-state index contributed by atoms with van der Waals surface area (Å²) in [5.41, 5.74) is 9.75. The number of benzene rings is 2. The molecule has 0 radical (unpaired) electrons. The van der Waals surface area contributed by atoms with Gasteiger partial charge in [-0.2, -0.15) is 4.52 Å². The maximum absolute atomic E-state index is 13.2. The topological polar surface area (TPSA) is 152 Å². The van der Waals surface area contributed by atoms with Gasteiger partial charge in [-0.05, 0) is 61.0 Å². The van der Waals surface area contributed by atoms with E-state index in [1.54, 1.807) is 60.1 Å². The first-order chi connectivity index (χ1) is 18.8. The number of fused-ring (bicyclic) bond motifs is 1. The zero-order valence-electron chi connectivity index (χ0n) is 21.0. The number of anilines is 4. The molecular formula is C27H24ClN9O2. The molecule has 0 aliphatic rings. The Morgan fingerprint density at radius 3 is 2.51 bits per heavy atom. The van der Waals surface area contributed by atoms with E-state index in [1.165, 1.54) is 6.92 Å². The summed E-state index contributed by atoms with van der Waals surface area (Å²) in [4.78, 5) is 28.7. The molecule has 3 aromatic heterocycles. The van der Waals surface area contributed by atoms with Crippen LogP contribution in [0.25, 0.3) is 16.8 Å². The van der Waals surface area contributed by atoms with Gasteiger partial charge in [-0.15, -0.1) is 15.3 Å². The summed E-state index contributed by atoms with van der Waals surface area (Å²) < 4.78 is 1.56. The molecule has 5 rings (SSSR count). The summed E-state index contributed by atoms with van der Waals surface area (Å²) in [6.45, 7) is 3.22. The third-order valence-corrected chi connectivity index (χ3v) is 6.06. The Morgan fingerprint density at radius 2 is 1.77 bits per heavy atom. The molecule has 0 bridgehead atoms. The largest absolute Gasteiger partial charge is 0.383 e. The van der Waals surface area contributed by atoms with Crippen molar-refractivity contribution in [1.82, 2.24) is 30.1 Å². The molecule has 0 aliphatic carbocycles. The van der Waals surface area contributed by atoms with Gasteiger partial charge in [0.1, 0.15) is 5.82 Å². The average Bonchev–Trinajstić information content (AvgIpc) is 3.32. The fourth-order valence-electron chi connectivity index (χ4n) is 3.96. The minimum absolute atomic E-state index is 0.0931. The predicted molar refractivity (Wildman–Crippen MR) is 150 cm³/mol. The number of carbonyl (C=O) groups excluding carboxylic acids is 2. The summed E-state index contributed by atoms with van der Waals surface area (Å²) in [6.07, 6.45) is 1.59. The molecule has 0 saturated carbocycles. The lowest BCUT2D eigenvalue weighted by Crippen LogP contribution is -2.29. The Hall–Kier alpha value is -5.03. The average molecular weight is 542 g/mol. The summed E-state index contributed by atoms with van der Waals surface area (Å²) >= 11 is 6.08. The molecule has 11 nitrogen and oxygen atoms in total. The molecule has 2 aromatic carbocycles. The molecule has 12 heteroatoms. The van der Waals surface area contributed by atoms with Crippen molar-refractivity contribution < 1.29 is 9.59 Å². The second-order valence-electron chi connectivity index (χ2n) is 8.79. The van der Waals surface area contributed by atoms with Crippen molar-refractivity contribution in [3.05, 3.63) is 89.3 Å². The molecule has 2 amide bonds. The van der Waals surface area contributed by atoms with E-state index in [0.717, 1.165) is 11.3 Å². The number of aromatic nitrogens is 5. The van der Waals surface area contributed by atoms with Crippen LogP contribution in [0.4, 0.5) is 23.0 Å². The Morgan fingerprint density at radius 1 is 0.974 bits per heavy atom. The number of amides is 2. The number of hydrogen-bond acceptors (Lipinski definition) is 8. The first-order valence-electron chi connectivity index (χ1n) is 12.0. The number of halogens is 1. The Bertz CT molecular complexity index is 1690. The van der Waals surface area contributed by atoms with Gasteiger partial charge in [0.15, 0.2) is 17.3 Å². The van der Waals surface area contributed by atoms with Gasteiger partial charge in [-0.3, -0.25) is 9.59 Å². The van der Waals surface area contributed by atoms with Crippen LogP contribution in [0.15, 0.2) is 72.9 Å². The molecule has 39 heavy (non-hydrogen) atoms. The van der Waals surface area contributed by atoms with Crippen LogP contribution in [-0.2, 0) is 4.79 Å². The molecule has 0 saturated heterocycles. The number of pyridine rings is 1. The lowest BCUT2D eigenvalue weighted by atomic mass is 10.0. The van der Waals surface area contributed by atoms with E-state index in [4.69, 9.17) is 17.3 Å². The minimum Gasteiger partial charge on any atom is -0.383 e. The van der Waals surface area contributed by atoms with Gasteiger partial charge in [0, 0.05) is 35.1 Å². The minimum atomic E-state index is -0.554. The van der Waals surface area contributed by atoms with Gasteiger partial charge in [0.05, 0.1) is 11.6 Å². The second kappa shape index (κ2) is 10.8. The van der Waals surface area contributed by atoms with Gasteiger partial charge in [-0.1, -0.05) is 29.8 Å². The maximum Gasteiger partial charge on any atom is 0.255 e. The monoisotopic (exact) mass is 541 g/mol. The van der Waals surface area contributed by atoms with Gasteiger partial charge in [0.25, 0.3) is 5.91 Å². The van der Waals surface area contributed by atoms with E-state index in [-0.39, 0.29) is 17.3 Å². The fourth-order valence-corrected chi connectivity index (χ4v) is 4.15. The molecule has 5 aromatic rings. The van der Waals surface area contributed by atoms with E-state index in [1.807, 2.05) is 24.3 Å². The highest BCUT2D eigenvalue weighted by Gasteiger charge is 2.20. The normalized spacial score (nSPS) is 11.7. The zero-order valence-corrected chi connectivity index (χ0v) is 21.8. The fraction of sp³-hybridized carbons (Fsp3) is 0.111. The third kappa shape index (κ3) is 5.78. The van der Waals surface area contributed by atoms with Crippen molar-refractivity contribution in [2.45, 2.75) is 19.9 Å². The standard InChI is InChI=1S/C27H24ClN9O2/c1-15(26-35-34-24-11-10-23(36-37(24)26)33-21-5-3-4-19(28)13-21)31-27(39)22-12-18(14-30-25(22)29)17-6-8-20(9-7-17)32-16(2)38/h3-15H,1-2H3,(H2,29,30)(H,31,39)(H,32,38)(H,33,36)/t15-/m1/s1. The van der Waals surface area contributed by atoms with Crippen molar-refractivity contribution >= 4 is 52.1 Å². The molecule has 0 fully saturated rings. The van der Waals surface area contributed by atoms with Crippen molar-refractivity contribution in [2.24, 2.45) is 0 Å². The highest BCUT2D eigenvalue weighted by molar-refractivity contribution is 6.30. The van der Waals surface area contributed by atoms with Crippen molar-refractivity contribution in [2.75, 3.05) is 16.4 Å². The van der Waals surface area contributed by atoms with Crippen LogP contribution in [-0.4, -0.2) is 36.6 Å². The summed E-state index contributed by atoms with van der Waals surface area (Å²) in [6, 6.07) is 19.1. The highest BCUT2D eigenvalue weighted by atomic mass is 35.5. The number of carbonyl (C=O) groups is 2. The Kier molecular flexibility index (Phi) is 7.06. The van der Waals surface area contributed by atoms with E-state index in [0.29, 0.717) is 33.6 Å². The van der Waals surface area contributed by atoms with E-state index in [9.17, 15) is 9.59 Å². The maximum atomic E-state index is 13.2. The van der Waals surface area contributed by atoms with Gasteiger partial charge in [-0.25, -0.2) is 4.98 Å². The van der Waals surface area contributed by atoms with Crippen LogP contribution in [0.3, 0.4) is 0 Å². The summed E-state index contributed by atoms with van der Waals surface area (Å²) in [5.74, 6) is 0.498. The van der Waals surface area contributed by atoms with E-state index < -0.39 is 11.9 Å². The van der Waals surface area contributed by atoms with Crippen LogP contribution in [0.2, 0.25) is 5.02 Å².